The molecule has 0 saturated heterocycles. The van der Waals surface area contributed by atoms with E-state index in [1.54, 1.807) is 38.1 Å². The van der Waals surface area contributed by atoms with E-state index in [2.05, 4.69) is 4.72 Å². The molecule has 5 nitrogen and oxygen atoms in total. The number of ether oxygens (including phenoxy) is 2. The first kappa shape index (κ1) is 24.0. The summed E-state index contributed by atoms with van der Waals surface area (Å²) in [7, 11) is -3.53. The highest BCUT2D eigenvalue weighted by molar-refractivity contribution is 7.90. The third-order valence-electron chi connectivity index (χ3n) is 4.57. The van der Waals surface area contributed by atoms with Gasteiger partial charge in [0.2, 0.25) is 10.0 Å². The van der Waals surface area contributed by atoms with Crippen LogP contribution in [0.3, 0.4) is 0 Å². The highest BCUT2D eigenvalue weighted by atomic mass is 32.2. The van der Waals surface area contributed by atoms with Crippen molar-refractivity contribution in [2.75, 3.05) is 19.8 Å². The number of sulfonamides is 1. The van der Waals surface area contributed by atoms with E-state index in [0.29, 0.717) is 30.0 Å². The Morgan fingerprint density at radius 2 is 1.27 bits per heavy atom. The molecule has 166 valence electrons. The molecule has 2 aromatic rings. The van der Waals surface area contributed by atoms with Crippen molar-refractivity contribution < 1.29 is 31.1 Å². The van der Waals surface area contributed by atoms with Crippen LogP contribution >= 0.6 is 0 Å². The van der Waals surface area contributed by atoms with Crippen molar-refractivity contribution in [3.05, 3.63) is 59.7 Å². The van der Waals surface area contributed by atoms with Gasteiger partial charge < -0.3 is 9.47 Å². The highest BCUT2D eigenvalue weighted by Crippen LogP contribution is 2.31. The fourth-order valence-corrected chi connectivity index (χ4v) is 3.86. The summed E-state index contributed by atoms with van der Waals surface area (Å²) in [6.45, 7) is 5.88. The predicted octanol–water partition coefficient (Wildman–Crippen LogP) is 4.73. The van der Waals surface area contributed by atoms with E-state index in [4.69, 9.17) is 9.47 Å². The molecule has 30 heavy (non-hydrogen) atoms. The van der Waals surface area contributed by atoms with Crippen LogP contribution in [0.15, 0.2) is 48.5 Å². The largest absolute Gasteiger partial charge is 0.490 e. The lowest BCUT2D eigenvalue weighted by Crippen LogP contribution is -2.39. The Morgan fingerprint density at radius 3 is 1.67 bits per heavy atom. The molecule has 0 fully saturated rings. The van der Waals surface area contributed by atoms with Crippen LogP contribution in [0.1, 0.15) is 38.3 Å². The normalized spacial score (nSPS) is 12.6. The fraction of sp³-hybridized carbons (Fsp3) is 0.429. The molecule has 0 bridgehead atoms. The minimum atomic E-state index is -4.38. The minimum absolute atomic E-state index is 0.147. The number of benzene rings is 2. The first-order valence-electron chi connectivity index (χ1n) is 9.50. The molecule has 1 N–H and O–H groups in total. The average Bonchev–Trinajstić information content (AvgIpc) is 2.69. The van der Waals surface area contributed by atoms with Gasteiger partial charge in [-0.2, -0.15) is 13.2 Å². The number of rotatable bonds is 10. The van der Waals surface area contributed by atoms with E-state index in [0.717, 1.165) is 12.1 Å². The van der Waals surface area contributed by atoms with E-state index in [-0.39, 0.29) is 13.2 Å². The maximum Gasteiger partial charge on any atom is 0.416 e. The summed E-state index contributed by atoms with van der Waals surface area (Å²) in [5, 5.41) is 0. The molecule has 0 saturated carbocycles. The molecule has 0 aliphatic carbocycles. The SMILES string of the molecule is CCCNS(=O)(=O)C(C)(C)c1ccc(OCCOc2ccc(C(F)(F)F)cc2)cc1. The third-order valence-corrected chi connectivity index (χ3v) is 6.73. The van der Waals surface area contributed by atoms with Gasteiger partial charge in [-0.15, -0.1) is 0 Å². The summed E-state index contributed by atoms with van der Waals surface area (Å²) >= 11 is 0. The summed E-state index contributed by atoms with van der Waals surface area (Å²) < 4.78 is 75.0. The van der Waals surface area contributed by atoms with Gasteiger partial charge >= 0.3 is 6.18 Å². The van der Waals surface area contributed by atoms with Crippen LogP contribution in [0.5, 0.6) is 11.5 Å². The van der Waals surface area contributed by atoms with Crippen LogP contribution in [0.25, 0.3) is 0 Å². The summed E-state index contributed by atoms with van der Waals surface area (Å²) in [4.78, 5) is 0. The zero-order valence-corrected chi connectivity index (χ0v) is 17.9. The third kappa shape index (κ3) is 6.12. The van der Waals surface area contributed by atoms with E-state index >= 15 is 0 Å². The van der Waals surface area contributed by atoms with Crippen LogP contribution in [-0.4, -0.2) is 28.2 Å². The maximum absolute atomic E-state index is 12.5. The Labute approximate surface area is 175 Å². The second-order valence-electron chi connectivity index (χ2n) is 7.15. The lowest BCUT2D eigenvalue weighted by Gasteiger charge is -2.25. The lowest BCUT2D eigenvalue weighted by molar-refractivity contribution is -0.137. The summed E-state index contributed by atoms with van der Waals surface area (Å²) in [5.41, 5.74) is -0.111. The zero-order chi connectivity index (χ0) is 22.4. The molecule has 0 radical (unpaired) electrons. The van der Waals surface area contributed by atoms with Crippen LogP contribution in [0.4, 0.5) is 13.2 Å². The molecule has 2 aromatic carbocycles. The van der Waals surface area contributed by atoms with Crippen molar-refractivity contribution in [2.45, 2.75) is 38.1 Å². The van der Waals surface area contributed by atoms with Crippen molar-refractivity contribution in [1.82, 2.24) is 4.72 Å². The Hall–Kier alpha value is -2.26. The topological polar surface area (TPSA) is 64.6 Å². The van der Waals surface area contributed by atoms with Gasteiger partial charge in [-0.05, 0) is 62.2 Å². The Balaban J connectivity index is 1.88. The predicted molar refractivity (Wildman–Crippen MR) is 109 cm³/mol. The maximum atomic E-state index is 12.5. The molecule has 0 atom stereocenters. The van der Waals surface area contributed by atoms with Crippen LogP contribution in [0.2, 0.25) is 0 Å². The number of nitrogens with one attached hydrogen (secondary N) is 1. The summed E-state index contributed by atoms with van der Waals surface area (Å²) in [6, 6.07) is 11.2. The highest BCUT2D eigenvalue weighted by Gasteiger charge is 2.35. The minimum Gasteiger partial charge on any atom is -0.490 e. The van der Waals surface area contributed by atoms with Gasteiger partial charge in [-0.25, -0.2) is 13.1 Å². The molecule has 9 heteroatoms. The van der Waals surface area contributed by atoms with E-state index in [1.165, 1.54) is 12.1 Å². The second-order valence-corrected chi connectivity index (χ2v) is 9.47. The van der Waals surface area contributed by atoms with Crippen molar-refractivity contribution in [3.63, 3.8) is 0 Å². The Morgan fingerprint density at radius 1 is 0.833 bits per heavy atom. The van der Waals surface area contributed by atoms with Crippen molar-refractivity contribution in [2.24, 2.45) is 0 Å². The monoisotopic (exact) mass is 445 g/mol. The molecule has 0 heterocycles. The van der Waals surface area contributed by atoms with Gasteiger partial charge in [0.25, 0.3) is 0 Å². The van der Waals surface area contributed by atoms with Crippen LogP contribution in [0, 0.1) is 0 Å². The van der Waals surface area contributed by atoms with E-state index < -0.39 is 26.5 Å². The van der Waals surface area contributed by atoms with Crippen molar-refractivity contribution >= 4 is 10.0 Å². The molecular weight excluding hydrogens is 419 g/mol. The first-order valence-corrected chi connectivity index (χ1v) is 11.0. The molecule has 0 aliphatic heterocycles. The summed E-state index contributed by atoms with van der Waals surface area (Å²) in [6.07, 6.45) is -3.68. The van der Waals surface area contributed by atoms with Crippen LogP contribution in [-0.2, 0) is 20.9 Å². The molecule has 2 rings (SSSR count). The van der Waals surface area contributed by atoms with Gasteiger partial charge in [0.15, 0.2) is 0 Å². The first-order chi connectivity index (χ1) is 14.0. The molecule has 0 spiro atoms. The molecule has 0 aliphatic rings. The van der Waals surface area contributed by atoms with Gasteiger partial charge in [-0.1, -0.05) is 19.1 Å². The Bertz CT molecular complexity index is 909. The quantitative estimate of drug-likeness (QED) is 0.537. The van der Waals surface area contributed by atoms with Gasteiger partial charge in [0.05, 0.1) is 5.56 Å². The van der Waals surface area contributed by atoms with E-state index in [9.17, 15) is 21.6 Å². The molecule has 0 amide bonds. The Kier molecular flexibility index (Phi) is 7.76. The van der Waals surface area contributed by atoms with Crippen molar-refractivity contribution in [3.8, 4) is 11.5 Å². The fourth-order valence-electron chi connectivity index (χ4n) is 2.58. The molecule has 0 aromatic heterocycles. The van der Waals surface area contributed by atoms with Gasteiger partial charge in [0, 0.05) is 6.54 Å². The second kappa shape index (κ2) is 9.70. The number of hydrogen-bond acceptors (Lipinski definition) is 4. The standard InChI is InChI=1S/C21H26F3NO4S/c1-4-13-25-30(26,27)20(2,3)16-5-9-18(10-6-16)28-14-15-29-19-11-7-17(8-12-19)21(22,23)24/h5-12,25H,4,13-15H2,1-3H3. The smallest absolute Gasteiger partial charge is 0.416 e. The van der Waals surface area contributed by atoms with Crippen LogP contribution < -0.4 is 14.2 Å². The average molecular weight is 446 g/mol. The number of halogens is 3. The number of hydrogen-bond donors (Lipinski definition) is 1. The summed E-state index contributed by atoms with van der Waals surface area (Å²) in [5.74, 6) is 0.845. The zero-order valence-electron chi connectivity index (χ0n) is 17.1. The molecule has 0 unspecified atom stereocenters. The molecular formula is C21H26F3NO4S. The lowest BCUT2D eigenvalue weighted by atomic mass is 10.0. The van der Waals surface area contributed by atoms with Gasteiger partial charge in [0.1, 0.15) is 29.5 Å². The van der Waals surface area contributed by atoms with E-state index in [1.807, 2.05) is 6.92 Å². The number of alkyl halides is 3. The van der Waals surface area contributed by atoms with Gasteiger partial charge in [-0.3, -0.25) is 0 Å². The van der Waals surface area contributed by atoms with Crippen molar-refractivity contribution in [1.29, 1.82) is 0 Å².